The third-order valence-corrected chi connectivity index (χ3v) is 22.1. The van der Waals surface area contributed by atoms with Gasteiger partial charge in [-0.3, -0.25) is 19.2 Å². The molecule has 0 aromatic rings. The number of aliphatic hydroxyl groups excluding tert-OH is 2. The van der Waals surface area contributed by atoms with Crippen molar-refractivity contribution in [2.24, 2.45) is 92.7 Å². The fourth-order valence-corrected chi connectivity index (χ4v) is 18.8. The van der Waals surface area contributed by atoms with Crippen molar-refractivity contribution in [3.8, 4) is 0 Å². The molecule has 0 aromatic heterocycles. The van der Waals surface area contributed by atoms with Gasteiger partial charge in [-0.2, -0.15) is 0 Å². The fraction of sp³-hybridized carbons (Fsp3) is 0.925. The molecule has 10 heteroatoms. The molecule has 0 bridgehead atoms. The largest absolute Gasteiger partial charge is 0.481 e. The maximum absolute atomic E-state index is 13.3. The smallest absolute Gasteiger partial charge is 0.303 e. The molecule has 8 saturated carbocycles. The van der Waals surface area contributed by atoms with E-state index >= 15 is 0 Å². The molecule has 8 fully saturated rings. The molecule has 2 amide bonds. The van der Waals surface area contributed by atoms with E-state index in [0.717, 1.165) is 116 Å². The molecule has 2 unspecified atom stereocenters. The Balaban J connectivity index is 0.775. The molecule has 0 radical (unpaired) electrons. The number of nitrogens with one attached hydrogen (secondary N) is 2. The summed E-state index contributed by atoms with van der Waals surface area (Å²) in [5.74, 6) is 3.77. The van der Waals surface area contributed by atoms with Gasteiger partial charge in [0.15, 0.2) is 0 Å². The Bertz CT molecular complexity index is 1590. The van der Waals surface area contributed by atoms with Crippen molar-refractivity contribution >= 4 is 23.8 Å². The van der Waals surface area contributed by atoms with Crippen molar-refractivity contribution in [2.45, 2.75) is 214 Å². The van der Waals surface area contributed by atoms with Gasteiger partial charge in [0.2, 0.25) is 11.8 Å². The van der Waals surface area contributed by atoms with E-state index < -0.39 is 11.9 Å². The van der Waals surface area contributed by atoms with E-state index in [1.54, 1.807) is 0 Å². The molecule has 0 heterocycles. The van der Waals surface area contributed by atoms with Crippen LogP contribution < -0.4 is 10.6 Å². The Labute approximate surface area is 379 Å². The van der Waals surface area contributed by atoms with Gasteiger partial charge in [0.1, 0.15) is 0 Å². The highest BCUT2D eigenvalue weighted by molar-refractivity contribution is 5.79. The summed E-state index contributed by atoms with van der Waals surface area (Å²) in [7, 11) is 0. The first-order valence-electron chi connectivity index (χ1n) is 26.2. The Morgan fingerprint density at radius 1 is 0.508 bits per heavy atom. The molecular formula is C53H86N2O8. The van der Waals surface area contributed by atoms with Gasteiger partial charge in [-0.1, -0.05) is 41.5 Å². The highest BCUT2D eigenvalue weighted by Gasteiger charge is 2.65. The maximum atomic E-state index is 13.3. The van der Waals surface area contributed by atoms with Gasteiger partial charge in [-0.25, -0.2) is 0 Å². The highest BCUT2D eigenvalue weighted by Crippen LogP contribution is 2.70. The van der Waals surface area contributed by atoms with Gasteiger partial charge >= 0.3 is 11.9 Å². The number of carbonyl (C=O) groups excluding carboxylic acids is 2. The molecule has 0 aromatic carbocycles. The van der Waals surface area contributed by atoms with Crippen LogP contribution >= 0.6 is 0 Å². The van der Waals surface area contributed by atoms with Crippen LogP contribution in [0.4, 0.5) is 0 Å². The van der Waals surface area contributed by atoms with Crippen molar-refractivity contribution in [1.29, 1.82) is 0 Å². The van der Waals surface area contributed by atoms with Crippen molar-refractivity contribution in [2.75, 3.05) is 0 Å². The molecule has 8 rings (SSSR count). The van der Waals surface area contributed by atoms with E-state index in [1.165, 1.54) is 0 Å². The van der Waals surface area contributed by atoms with Crippen LogP contribution in [0.2, 0.25) is 0 Å². The third kappa shape index (κ3) is 8.67. The van der Waals surface area contributed by atoms with E-state index in [-0.39, 0.29) is 70.6 Å². The summed E-state index contributed by atoms with van der Waals surface area (Å²) in [6, 6.07) is 0.214. The third-order valence-electron chi connectivity index (χ3n) is 22.1. The van der Waals surface area contributed by atoms with Gasteiger partial charge in [0, 0.05) is 37.8 Å². The molecule has 63 heavy (non-hydrogen) atoms. The predicted octanol–water partition coefficient (Wildman–Crippen LogP) is 9.39. The Kier molecular flexibility index (Phi) is 13.6. The molecular weight excluding hydrogens is 793 g/mol. The number of rotatable bonds is 14. The molecule has 8 aliphatic carbocycles. The van der Waals surface area contributed by atoms with Crippen LogP contribution in [-0.2, 0) is 19.2 Å². The second-order valence-corrected chi connectivity index (χ2v) is 24.8. The molecule has 0 aliphatic heterocycles. The minimum absolute atomic E-state index is 0.0270. The lowest BCUT2D eigenvalue weighted by atomic mass is 9.43. The number of aliphatic hydroxyl groups is 2. The molecule has 0 saturated heterocycles. The van der Waals surface area contributed by atoms with E-state index in [1.807, 2.05) is 0 Å². The van der Waals surface area contributed by atoms with Crippen molar-refractivity contribution < 1.29 is 39.6 Å². The number of carbonyl (C=O) groups is 4. The lowest BCUT2D eigenvalue weighted by Gasteiger charge is -2.62. The summed E-state index contributed by atoms with van der Waals surface area (Å²) < 4.78 is 0. The van der Waals surface area contributed by atoms with Gasteiger partial charge < -0.3 is 31.1 Å². The van der Waals surface area contributed by atoms with Crippen LogP contribution in [-0.4, -0.2) is 68.5 Å². The number of hydrogen-bond acceptors (Lipinski definition) is 6. The zero-order valence-corrected chi connectivity index (χ0v) is 39.9. The number of aliphatic carboxylic acids is 2. The molecule has 10 nitrogen and oxygen atoms in total. The summed E-state index contributed by atoms with van der Waals surface area (Å²) in [6.45, 7) is 14.4. The average molecular weight is 879 g/mol. The number of fused-ring (bicyclic) bond motifs is 10. The molecule has 6 N–H and O–H groups in total. The van der Waals surface area contributed by atoms with Crippen LogP contribution in [0.1, 0.15) is 189 Å². The second kappa shape index (κ2) is 18.1. The van der Waals surface area contributed by atoms with Crippen LogP contribution in [0.15, 0.2) is 0 Å². The van der Waals surface area contributed by atoms with Gasteiger partial charge in [-0.15, -0.1) is 0 Å². The van der Waals surface area contributed by atoms with E-state index in [9.17, 15) is 39.6 Å². The average Bonchev–Trinajstić information content (AvgIpc) is 3.77. The Morgan fingerprint density at radius 3 is 1.25 bits per heavy atom. The first kappa shape index (κ1) is 47.3. The van der Waals surface area contributed by atoms with Crippen LogP contribution in [0.3, 0.4) is 0 Å². The maximum Gasteiger partial charge on any atom is 0.303 e. The van der Waals surface area contributed by atoms with Gasteiger partial charge in [0.25, 0.3) is 0 Å². The number of hydrogen-bond donors (Lipinski definition) is 6. The Morgan fingerprint density at radius 2 is 0.873 bits per heavy atom. The second-order valence-electron chi connectivity index (χ2n) is 24.8. The van der Waals surface area contributed by atoms with E-state index in [0.29, 0.717) is 90.3 Å². The van der Waals surface area contributed by atoms with Crippen molar-refractivity contribution in [1.82, 2.24) is 10.6 Å². The summed E-state index contributed by atoms with van der Waals surface area (Å²) in [6.07, 6.45) is 19.1. The van der Waals surface area contributed by atoms with Gasteiger partial charge in [0.05, 0.1) is 12.2 Å². The molecule has 20 atom stereocenters. The molecule has 356 valence electrons. The Hall–Kier alpha value is -2.20. The van der Waals surface area contributed by atoms with Crippen LogP contribution in [0, 0.1) is 92.7 Å². The molecule has 0 spiro atoms. The standard InChI is InChI=1S/C53H86N2O8/c1-30(10-16-46(60)61)36-12-14-38-48-40(20-24-52(36,38)5)50(3)22-18-34(26-32(50)28-42(48)56)54-44(58)8-7-9-45(59)55-35-19-23-51(4)33(27-35)29-43(57)49-39-15-13-37(31(2)11-17-47(62)63)53(39,6)25-21-41(49)51/h30-43,48-49,56-57H,7-29H2,1-6H3,(H,54,58)(H,55,59)(H,60,61)(H,62,63)/t30-,31-,32?,33?,34-,35-,36-,37-,38+,39+,40+,41+,42+,43+,48+,49+,50+,51+,52-,53-/m1/s1. The normalized spacial score (nSPS) is 47.3. The fourth-order valence-electron chi connectivity index (χ4n) is 18.8. The van der Waals surface area contributed by atoms with E-state index in [2.05, 4.69) is 52.2 Å². The van der Waals surface area contributed by atoms with Crippen LogP contribution in [0.25, 0.3) is 0 Å². The monoisotopic (exact) mass is 879 g/mol. The SMILES string of the molecule is C[C@H](CCC(=O)O)[C@H]1CC[C@H]2[C@@H]3[C@@H](O)CC4C[C@H](NC(=O)CCCC(=O)N[C@@H]5CC[C@@]6(C)C(C5)C[C@H](O)[C@H]5[C@@H]7CC[C@H]([C@H](C)CCC(=O)O)[C@@]7(C)CC[C@@H]56)CC[C@]4(C)[C@H]3CC[C@]12C. The molecule has 8 aliphatic rings. The number of carboxylic acid groups (broad SMARTS) is 2. The summed E-state index contributed by atoms with van der Waals surface area (Å²) in [5.41, 5.74) is 0.650. The summed E-state index contributed by atoms with van der Waals surface area (Å²) in [4.78, 5) is 49.3. The quantitative estimate of drug-likeness (QED) is 0.100. The van der Waals surface area contributed by atoms with Crippen LogP contribution in [0.5, 0.6) is 0 Å². The first-order valence-corrected chi connectivity index (χ1v) is 26.2. The first-order chi connectivity index (χ1) is 29.8. The summed E-state index contributed by atoms with van der Waals surface area (Å²) in [5, 5.41) is 49.1. The lowest BCUT2D eigenvalue weighted by Crippen LogP contribution is -2.59. The number of amides is 2. The minimum Gasteiger partial charge on any atom is -0.481 e. The zero-order chi connectivity index (χ0) is 45.2. The lowest BCUT2D eigenvalue weighted by molar-refractivity contribution is -0.167. The predicted molar refractivity (Wildman–Crippen MR) is 243 cm³/mol. The van der Waals surface area contributed by atoms with Crippen molar-refractivity contribution in [3.05, 3.63) is 0 Å². The zero-order valence-electron chi connectivity index (χ0n) is 39.9. The summed E-state index contributed by atoms with van der Waals surface area (Å²) >= 11 is 0. The number of carboxylic acids is 2. The van der Waals surface area contributed by atoms with Gasteiger partial charge in [-0.05, 0) is 215 Å². The highest BCUT2D eigenvalue weighted by atomic mass is 16.4. The van der Waals surface area contributed by atoms with Crippen molar-refractivity contribution in [3.63, 3.8) is 0 Å². The van der Waals surface area contributed by atoms with E-state index in [4.69, 9.17) is 0 Å². The topological polar surface area (TPSA) is 173 Å². The minimum atomic E-state index is -0.709.